The fraction of sp³-hybridized carbons (Fsp3) is 0.857. The van der Waals surface area contributed by atoms with Crippen molar-refractivity contribution >= 4 is 5.97 Å². The summed E-state index contributed by atoms with van der Waals surface area (Å²) in [6, 6.07) is 0. The Morgan fingerprint density at radius 3 is 2.83 bits per heavy atom. The van der Waals surface area contributed by atoms with E-state index < -0.39 is 0 Å². The standard InChI is InChI=1S/C7H16N2O3/c8-2-4-9-3-1-7(11)12-6-5-10/h9-10H,1-6,8H2. The molecule has 0 radical (unpaired) electrons. The molecule has 0 heterocycles. The fourth-order valence-electron chi connectivity index (χ4n) is 0.649. The Hall–Kier alpha value is -0.650. The highest BCUT2D eigenvalue weighted by Crippen LogP contribution is 1.83. The van der Waals surface area contributed by atoms with E-state index in [4.69, 9.17) is 10.8 Å². The smallest absolute Gasteiger partial charge is 0.307 e. The predicted octanol–water partition coefficient (Wildman–Crippen LogP) is -1.54. The Labute approximate surface area is 71.9 Å². The van der Waals surface area contributed by atoms with Gasteiger partial charge >= 0.3 is 5.97 Å². The molecule has 5 nitrogen and oxygen atoms in total. The van der Waals surface area contributed by atoms with Crippen molar-refractivity contribution in [1.29, 1.82) is 0 Å². The Morgan fingerprint density at radius 2 is 2.25 bits per heavy atom. The van der Waals surface area contributed by atoms with E-state index in [-0.39, 0.29) is 19.2 Å². The van der Waals surface area contributed by atoms with E-state index in [0.717, 1.165) is 0 Å². The van der Waals surface area contributed by atoms with Crippen molar-refractivity contribution in [1.82, 2.24) is 5.32 Å². The van der Waals surface area contributed by atoms with Gasteiger partial charge in [0.2, 0.25) is 0 Å². The maximum absolute atomic E-state index is 10.8. The lowest BCUT2D eigenvalue weighted by molar-refractivity contribution is -0.144. The van der Waals surface area contributed by atoms with Crippen LogP contribution >= 0.6 is 0 Å². The van der Waals surface area contributed by atoms with Crippen molar-refractivity contribution in [3.05, 3.63) is 0 Å². The summed E-state index contributed by atoms with van der Waals surface area (Å²) in [7, 11) is 0. The Morgan fingerprint density at radius 1 is 1.50 bits per heavy atom. The van der Waals surface area contributed by atoms with Gasteiger partial charge in [-0.15, -0.1) is 0 Å². The second-order valence-electron chi connectivity index (χ2n) is 2.23. The highest BCUT2D eigenvalue weighted by Gasteiger charge is 2.00. The molecule has 0 atom stereocenters. The Kier molecular flexibility index (Phi) is 7.99. The van der Waals surface area contributed by atoms with E-state index in [0.29, 0.717) is 26.1 Å². The second kappa shape index (κ2) is 8.45. The molecule has 0 rings (SSSR count). The molecule has 4 N–H and O–H groups in total. The zero-order chi connectivity index (χ0) is 9.23. The van der Waals surface area contributed by atoms with Crippen molar-refractivity contribution in [2.75, 3.05) is 32.8 Å². The summed E-state index contributed by atoms with van der Waals surface area (Å²) in [6.07, 6.45) is 0.319. The molecule has 12 heavy (non-hydrogen) atoms. The number of esters is 1. The molecule has 0 spiro atoms. The molecule has 0 saturated carbocycles. The number of carbonyl (C=O) groups is 1. The summed E-state index contributed by atoms with van der Waals surface area (Å²) < 4.78 is 4.61. The third-order valence-electron chi connectivity index (χ3n) is 1.18. The fourth-order valence-corrected chi connectivity index (χ4v) is 0.649. The lowest BCUT2D eigenvalue weighted by Gasteiger charge is -2.03. The highest BCUT2D eigenvalue weighted by atomic mass is 16.5. The number of nitrogens with one attached hydrogen (secondary N) is 1. The SMILES string of the molecule is NCCNCCC(=O)OCCO. The molecule has 0 saturated heterocycles. The zero-order valence-electron chi connectivity index (χ0n) is 7.08. The van der Waals surface area contributed by atoms with Gasteiger partial charge in [-0.05, 0) is 0 Å². The van der Waals surface area contributed by atoms with E-state index in [2.05, 4.69) is 10.1 Å². The summed E-state index contributed by atoms with van der Waals surface area (Å²) in [5.74, 6) is -0.298. The maximum atomic E-state index is 10.8. The molecular weight excluding hydrogens is 160 g/mol. The van der Waals surface area contributed by atoms with Crippen LogP contribution in [0.5, 0.6) is 0 Å². The molecule has 0 aromatic carbocycles. The minimum absolute atomic E-state index is 0.0791. The number of rotatable bonds is 7. The van der Waals surface area contributed by atoms with Gasteiger partial charge in [0.15, 0.2) is 0 Å². The number of ether oxygens (including phenoxy) is 1. The summed E-state index contributed by atoms with van der Waals surface area (Å²) in [4.78, 5) is 10.8. The summed E-state index contributed by atoms with van der Waals surface area (Å²) in [5.41, 5.74) is 5.21. The monoisotopic (exact) mass is 176 g/mol. The minimum Gasteiger partial charge on any atom is -0.463 e. The van der Waals surface area contributed by atoms with E-state index >= 15 is 0 Å². The van der Waals surface area contributed by atoms with Gasteiger partial charge < -0.3 is 20.9 Å². The topological polar surface area (TPSA) is 84.6 Å². The molecule has 0 amide bonds. The molecule has 0 unspecified atom stereocenters. The van der Waals surface area contributed by atoms with Crippen molar-refractivity contribution in [2.45, 2.75) is 6.42 Å². The molecular formula is C7H16N2O3. The number of aliphatic hydroxyl groups is 1. The molecule has 0 aliphatic rings. The van der Waals surface area contributed by atoms with Crippen LogP contribution in [0.4, 0.5) is 0 Å². The Balaban J connectivity index is 3.08. The van der Waals surface area contributed by atoms with Crippen LogP contribution < -0.4 is 11.1 Å². The lowest BCUT2D eigenvalue weighted by Crippen LogP contribution is -2.25. The quantitative estimate of drug-likeness (QED) is 0.323. The lowest BCUT2D eigenvalue weighted by atomic mass is 10.4. The van der Waals surface area contributed by atoms with Gasteiger partial charge in [-0.3, -0.25) is 4.79 Å². The van der Waals surface area contributed by atoms with E-state index in [1.54, 1.807) is 0 Å². The second-order valence-corrected chi connectivity index (χ2v) is 2.23. The molecule has 0 aromatic heterocycles. The van der Waals surface area contributed by atoms with Gasteiger partial charge in [-0.1, -0.05) is 0 Å². The number of aliphatic hydroxyl groups excluding tert-OH is 1. The van der Waals surface area contributed by atoms with Gasteiger partial charge in [0.25, 0.3) is 0 Å². The van der Waals surface area contributed by atoms with E-state index in [9.17, 15) is 4.79 Å². The zero-order valence-corrected chi connectivity index (χ0v) is 7.08. The number of nitrogens with two attached hydrogens (primary N) is 1. The van der Waals surface area contributed by atoms with Crippen LogP contribution in [0.25, 0.3) is 0 Å². The van der Waals surface area contributed by atoms with Crippen LogP contribution in [0.3, 0.4) is 0 Å². The average molecular weight is 176 g/mol. The van der Waals surface area contributed by atoms with Crippen LogP contribution in [0.1, 0.15) is 6.42 Å². The first-order valence-electron chi connectivity index (χ1n) is 3.98. The largest absolute Gasteiger partial charge is 0.463 e. The number of hydrogen-bond acceptors (Lipinski definition) is 5. The first-order valence-corrected chi connectivity index (χ1v) is 3.98. The van der Waals surface area contributed by atoms with Crippen LogP contribution in [-0.2, 0) is 9.53 Å². The van der Waals surface area contributed by atoms with Crippen LogP contribution in [0, 0.1) is 0 Å². The van der Waals surface area contributed by atoms with Crippen LogP contribution in [-0.4, -0.2) is 43.9 Å². The molecule has 0 fully saturated rings. The van der Waals surface area contributed by atoms with Crippen molar-refractivity contribution < 1.29 is 14.6 Å². The first kappa shape index (κ1) is 11.4. The van der Waals surface area contributed by atoms with Gasteiger partial charge in [0, 0.05) is 19.6 Å². The molecule has 0 aliphatic carbocycles. The third-order valence-corrected chi connectivity index (χ3v) is 1.18. The van der Waals surface area contributed by atoms with Gasteiger partial charge in [-0.25, -0.2) is 0 Å². The molecule has 0 bridgehead atoms. The highest BCUT2D eigenvalue weighted by molar-refractivity contribution is 5.69. The average Bonchev–Trinajstić information content (AvgIpc) is 2.09. The van der Waals surface area contributed by atoms with Crippen molar-refractivity contribution in [3.63, 3.8) is 0 Å². The molecule has 0 aromatic rings. The molecule has 5 heteroatoms. The molecule has 72 valence electrons. The predicted molar refractivity (Wildman–Crippen MR) is 44.6 cm³/mol. The Bertz CT molecular complexity index is 119. The van der Waals surface area contributed by atoms with Gasteiger partial charge in [-0.2, -0.15) is 0 Å². The summed E-state index contributed by atoms with van der Waals surface area (Å²) in [5, 5.41) is 11.3. The van der Waals surface area contributed by atoms with E-state index in [1.807, 2.05) is 0 Å². The van der Waals surface area contributed by atoms with Gasteiger partial charge in [0.05, 0.1) is 13.0 Å². The normalized spacial score (nSPS) is 9.83. The van der Waals surface area contributed by atoms with Crippen molar-refractivity contribution in [3.8, 4) is 0 Å². The summed E-state index contributed by atoms with van der Waals surface area (Å²) in [6.45, 7) is 1.79. The summed E-state index contributed by atoms with van der Waals surface area (Å²) >= 11 is 0. The maximum Gasteiger partial charge on any atom is 0.307 e. The van der Waals surface area contributed by atoms with Crippen LogP contribution in [0.2, 0.25) is 0 Å². The van der Waals surface area contributed by atoms with Crippen molar-refractivity contribution in [2.24, 2.45) is 5.73 Å². The molecule has 0 aliphatic heterocycles. The minimum atomic E-state index is -0.298. The van der Waals surface area contributed by atoms with Gasteiger partial charge in [0.1, 0.15) is 6.61 Å². The number of carbonyl (C=O) groups excluding carboxylic acids is 1. The third kappa shape index (κ3) is 7.46. The van der Waals surface area contributed by atoms with E-state index in [1.165, 1.54) is 0 Å². The number of hydrogen-bond donors (Lipinski definition) is 3. The van der Waals surface area contributed by atoms with Crippen LogP contribution in [0.15, 0.2) is 0 Å². The first-order chi connectivity index (χ1) is 5.81.